The summed E-state index contributed by atoms with van der Waals surface area (Å²) in [5.41, 5.74) is 2.51. The number of amides is 1. The van der Waals surface area contributed by atoms with Crippen LogP contribution in [-0.4, -0.2) is 26.9 Å². The summed E-state index contributed by atoms with van der Waals surface area (Å²) in [6.07, 6.45) is 0.688. The zero-order valence-electron chi connectivity index (χ0n) is 12.6. The number of aromatic nitrogens is 2. The quantitative estimate of drug-likeness (QED) is 0.624. The predicted octanol–water partition coefficient (Wildman–Crippen LogP) is 0.0219. The van der Waals surface area contributed by atoms with E-state index in [9.17, 15) is 9.59 Å². The van der Waals surface area contributed by atoms with E-state index < -0.39 is 0 Å². The highest BCUT2D eigenvalue weighted by Crippen LogP contribution is 2.21. The molecule has 1 aromatic heterocycles. The molecule has 3 heterocycles. The molecule has 2 aromatic rings. The van der Waals surface area contributed by atoms with Crippen LogP contribution in [0.3, 0.4) is 0 Å². The van der Waals surface area contributed by atoms with E-state index in [2.05, 4.69) is 22.0 Å². The van der Waals surface area contributed by atoms with Gasteiger partial charge >= 0.3 is 0 Å². The Balaban J connectivity index is 1.65. The topological polar surface area (TPSA) is 84.5 Å². The first-order valence-electron chi connectivity index (χ1n) is 7.60. The molecule has 1 amide bonds. The first-order chi connectivity index (χ1) is 11.1. The molecular formula is C16H17N5O2. The van der Waals surface area contributed by atoms with Gasteiger partial charge in [-0.05, 0) is 5.56 Å². The van der Waals surface area contributed by atoms with E-state index in [0.717, 1.165) is 23.8 Å². The van der Waals surface area contributed by atoms with Crippen LogP contribution in [-0.2, 0) is 30.8 Å². The van der Waals surface area contributed by atoms with Gasteiger partial charge in [-0.1, -0.05) is 30.3 Å². The number of benzene rings is 1. The van der Waals surface area contributed by atoms with Crippen molar-refractivity contribution in [3.05, 3.63) is 57.5 Å². The number of rotatable bonds is 2. The molecule has 7 nitrogen and oxygen atoms in total. The number of carbonyl (C=O) groups excluding carboxylic acids is 1. The Labute approximate surface area is 132 Å². The van der Waals surface area contributed by atoms with E-state index in [1.165, 1.54) is 10.1 Å². The predicted molar refractivity (Wildman–Crippen MR) is 84.4 cm³/mol. The SMILES string of the molecule is NN1C(=O)Cn2c1nc1c(c2=O)CN(Cc2ccccc2)CC1. The molecule has 0 unspecified atom stereocenters. The molecule has 1 aromatic carbocycles. The third kappa shape index (κ3) is 2.34. The normalized spacial score (nSPS) is 17.3. The summed E-state index contributed by atoms with van der Waals surface area (Å²) < 4.78 is 1.37. The molecule has 2 aliphatic heterocycles. The van der Waals surface area contributed by atoms with E-state index in [1.807, 2.05) is 18.2 Å². The Morgan fingerprint density at radius 2 is 1.91 bits per heavy atom. The van der Waals surface area contributed by atoms with E-state index >= 15 is 0 Å². The summed E-state index contributed by atoms with van der Waals surface area (Å²) in [5, 5.41) is 0.970. The largest absolute Gasteiger partial charge is 0.294 e. The molecule has 0 atom stereocenters. The van der Waals surface area contributed by atoms with Crippen LogP contribution in [0.5, 0.6) is 0 Å². The monoisotopic (exact) mass is 311 g/mol. The Bertz CT molecular complexity index is 830. The van der Waals surface area contributed by atoms with Crippen LogP contribution in [0.2, 0.25) is 0 Å². The maximum Gasteiger partial charge on any atom is 0.263 e. The number of carbonyl (C=O) groups is 1. The molecule has 0 spiro atoms. The third-order valence-corrected chi connectivity index (χ3v) is 4.40. The average Bonchev–Trinajstić information content (AvgIpc) is 2.85. The maximum absolute atomic E-state index is 12.7. The van der Waals surface area contributed by atoms with Crippen molar-refractivity contribution in [1.82, 2.24) is 14.5 Å². The summed E-state index contributed by atoms with van der Waals surface area (Å²) in [6.45, 7) is 2.15. The van der Waals surface area contributed by atoms with Crippen molar-refractivity contribution in [1.29, 1.82) is 0 Å². The molecule has 23 heavy (non-hydrogen) atoms. The van der Waals surface area contributed by atoms with Crippen molar-refractivity contribution < 1.29 is 4.79 Å². The molecular weight excluding hydrogens is 294 g/mol. The van der Waals surface area contributed by atoms with Gasteiger partial charge in [0.2, 0.25) is 5.95 Å². The molecule has 0 saturated heterocycles. The Morgan fingerprint density at radius 3 is 2.70 bits per heavy atom. The van der Waals surface area contributed by atoms with Crippen LogP contribution in [0.15, 0.2) is 35.1 Å². The minimum atomic E-state index is -0.307. The van der Waals surface area contributed by atoms with E-state index in [-0.39, 0.29) is 24.0 Å². The van der Waals surface area contributed by atoms with E-state index in [1.54, 1.807) is 0 Å². The zero-order valence-corrected chi connectivity index (χ0v) is 12.6. The van der Waals surface area contributed by atoms with Crippen LogP contribution in [0.1, 0.15) is 16.8 Å². The van der Waals surface area contributed by atoms with E-state index in [4.69, 9.17) is 5.84 Å². The van der Waals surface area contributed by atoms with Crippen LogP contribution >= 0.6 is 0 Å². The molecule has 7 heteroatoms. The molecule has 0 fully saturated rings. The zero-order chi connectivity index (χ0) is 16.0. The number of hydrogen-bond acceptors (Lipinski definition) is 5. The number of nitrogens with zero attached hydrogens (tertiary/aromatic N) is 4. The lowest BCUT2D eigenvalue weighted by atomic mass is 10.1. The first kappa shape index (κ1) is 14.1. The van der Waals surface area contributed by atoms with Crippen molar-refractivity contribution >= 4 is 11.9 Å². The van der Waals surface area contributed by atoms with Gasteiger partial charge in [0.1, 0.15) is 6.54 Å². The number of anilines is 1. The van der Waals surface area contributed by atoms with Gasteiger partial charge < -0.3 is 0 Å². The maximum atomic E-state index is 12.7. The summed E-state index contributed by atoms with van der Waals surface area (Å²) in [5.74, 6) is 5.62. The molecule has 4 rings (SSSR count). The second-order valence-corrected chi connectivity index (χ2v) is 5.94. The van der Waals surface area contributed by atoms with Gasteiger partial charge in [0.15, 0.2) is 0 Å². The van der Waals surface area contributed by atoms with Gasteiger partial charge in [-0.15, -0.1) is 0 Å². The van der Waals surface area contributed by atoms with Gasteiger partial charge in [-0.3, -0.25) is 19.1 Å². The molecule has 118 valence electrons. The van der Waals surface area contributed by atoms with E-state index in [0.29, 0.717) is 18.5 Å². The number of fused-ring (bicyclic) bond motifs is 2. The lowest BCUT2D eigenvalue weighted by molar-refractivity contribution is -0.118. The number of hydrogen-bond donors (Lipinski definition) is 1. The fourth-order valence-corrected chi connectivity index (χ4v) is 3.18. The first-order valence-corrected chi connectivity index (χ1v) is 7.60. The van der Waals surface area contributed by atoms with Crippen LogP contribution in [0, 0.1) is 0 Å². The Kier molecular flexibility index (Phi) is 3.24. The lowest BCUT2D eigenvalue weighted by Gasteiger charge is -2.28. The highest BCUT2D eigenvalue weighted by atomic mass is 16.2. The smallest absolute Gasteiger partial charge is 0.263 e. The average molecular weight is 311 g/mol. The highest BCUT2D eigenvalue weighted by Gasteiger charge is 2.31. The number of nitrogens with two attached hydrogens (primary N) is 1. The lowest BCUT2D eigenvalue weighted by Crippen LogP contribution is -2.38. The van der Waals surface area contributed by atoms with Gasteiger partial charge in [-0.2, -0.15) is 0 Å². The summed E-state index contributed by atoms with van der Waals surface area (Å²) in [6, 6.07) is 10.2. The second-order valence-electron chi connectivity index (χ2n) is 5.94. The van der Waals surface area contributed by atoms with Gasteiger partial charge in [0.25, 0.3) is 11.5 Å². The molecule has 0 aliphatic carbocycles. The Morgan fingerprint density at radius 1 is 1.13 bits per heavy atom. The fraction of sp³-hybridized carbons (Fsp3) is 0.312. The summed E-state index contributed by atoms with van der Waals surface area (Å²) in [4.78, 5) is 31.0. The minimum absolute atomic E-state index is 0.0242. The van der Waals surface area contributed by atoms with Crippen molar-refractivity contribution in [3.63, 3.8) is 0 Å². The van der Waals surface area contributed by atoms with Crippen molar-refractivity contribution in [2.45, 2.75) is 26.1 Å². The molecule has 0 saturated carbocycles. The summed E-state index contributed by atoms with van der Waals surface area (Å²) >= 11 is 0. The molecule has 0 radical (unpaired) electrons. The van der Waals surface area contributed by atoms with Gasteiger partial charge in [0.05, 0.1) is 11.3 Å². The molecule has 2 aliphatic rings. The highest BCUT2D eigenvalue weighted by molar-refractivity contribution is 5.93. The molecule has 2 N–H and O–H groups in total. The standard InChI is InChI=1S/C16H17N5O2/c17-21-14(22)10-20-15(23)12-9-19(7-6-13(12)18-16(20)21)8-11-4-2-1-3-5-11/h1-5H,6-10,17H2. The van der Waals surface area contributed by atoms with Crippen LogP contribution < -0.4 is 16.4 Å². The van der Waals surface area contributed by atoms with Crippen LogP contribution in [0.4, 0.5) is 5.95 Å². The fourth-order valence-electron chi connectivity index (χ4n) is 3.18. The van der Waals surface area contributed by atoms with Crippen molar-refractivity contribution in [3.8, 4) is 0 Å². The minimum Gasteiger partial charge on any atom is -0.294 e. The third-order valence-electron chi connectivity index (χ3n) is 4.40. The van der Waals surface area contributed by atoms with Crippen molar-refractivity contribution in [2.24, 2.45) is 5.84 Å². The number of hydrazine groups is 1. The van der Waals surface area contributed by atoms with Crippen molar-refractivity contribution in [2.75, 3.05) is 11.6 Å². The second kappa shape index (κ2) is 5.29. The summed E-state index contributed by atoms with van der Waals surface area (Å²) in [7, 11) is 0. The Hall–Kier alpha value is -2.51. The van der Waals surface area contributed by atoms with Crippen LogP contribution in [0.25, 0.3) is 0 Å². The molecule has 0 bridgehead atoms. The van der Waals surface area contributed by atoms with Gasteiger partial charge in [-0.25, -0.2) is 15.8 Å². The van der Waals surface area contributed by atoms with Gasteiger partial charge in [0, 0.05) is 26.1 Å².